The molecule has 19 heavy (non-hydrogen) atoms. The van der Waals surface area contributed by atoms with Crippen LogP contribution in [0.4, 0.5) is 0 Å². The Balaban J connectivity index is 4.76. The lowest BCUT2D eigenvalue weighted by Gasteiger charge is -2.29. The molecule has 4 nitrogen and oxygen atoms in total. The van der Waals surface area contributed by atoms with Gasteiger partial charge in [-0.3, -0.25) is 9.59 Å². The zero-order valence-electron chi connectivity index (χ0n) is 11.5. The van der Waals surface area contributed by atoms with Gasteiger partial charge in [-0.15, -0.1) is 24.7 Å². The maximum atomic E-state index is 11.2. The van der Waals surface area contributed by atoms with Crippen LogP contribution in [0.2, 0.25) is 0 Å². The summed E-state index contributed by atoms with van der Waals surface area (Å²) < 4.78 is 10.2. The average molecular weight is 264 g/mol. The summed E-state index contributed by atoms with van der Waals surface area (Å²) in [5.41, 5.74) is -0.695. The highest BCUT2D eigenvalue weighted by Gasteiger charge is 2.32. The molecule has 0 bridgehead atoms. The summed E-state index contributed by atoms with van der Waals surface area (Å²) in [6.07, 6.45) is 11.8. The zero-order valence-corrected chi connectivity index (χ0v) is 11.5. The van der Waals surface area contributed by atoms with E-state index < -0.39 is 5.41 Å². The smallest absolute Gasteiger partial charge is 0.305 e. The van der Waals surface area contributed by atoms with Crippen molar-refractivity contribution in [1.82, 2.24) is 0 Å². The largest absolute Gasteiger partial charge is 0.465 e. The van der Waals surface area contributed by atoms with E-state index in [1.807, 2.05) is 0 Å². The second-order valence-corrected chi connectivity index (χ2v) is 4.29. The second kappa shape index (κ2) is 9.05. The lowest BCUT2D eigenvalue weighted by molar-refractivity contribution is -0.153. The molecule has 0 unspecified atom stereocenters. The molecule has 0 rings (SSSR count). The third kappa shape index (κ3) is 6.52. The Morgan fingerprint density at radius 1 is 0.947 bits per heavy atom. The van der Waals surface area contributed by atoms with Gasteiger partial charge in [0.05, 0.1) is 5.41 Å². The number of rotatable bonds is 8. The number of carbonyl (C=O) groups is 2. The van der Waals surface area contributed by atoms with Crippen LogP contribution in [0.3, 0.4) is 0 Å². The number of ether oxygens (including phenoxy) is 2. The summed E-state index contributed by atoms with van der Waals surface area (Å²) in [7, 11) is 0. The van der Waals surface area contributed by atoms with Crippen LogP contribution in [0.5, 0.6) is 0 Å². The average Bonchev–Trinajstić information content (AvgIpc) is 2.42. The molecule has 0 aliphatic rings. The van der Waals surface area contributed by atoms with E-state index >= 15 is 0 Å². The molecule has 0 saturated heterocycles. The van der Waals surface area contributed by atoms with Crippen LogP contribution in [-0.4, -0.2) is 25.2 Å². The predicted octanol–water partition coefficient (Wildman–Crippen LogP) is 1.93. The Morgan fingerprint density at radius 3 is 1.58 bits per heavy atom. The quantitative estimate of drug-likeness (QED) is 0.496. The SMILES string of the molecule is C#CCC(CC#C)(COC(=O)CC)COC(=O)CC. The summed E-state index contributed by atoms with van der Waals surface area (Å²) in [4.78, 5) is 22.5. The van der Waals surface area contributed by atoms with E-state index in [0.29, 0.717) is 0 Å². The third-order valence-corrected chi connectivity index (χ3v) is 2.61. The molecular weight excluding hydrogens is 244 g/mol. The summed E-state index contributed by atoms with van der Waals surface area (Å²) in [6.45, 7) is 3.52. The van der Waals surface area contributed by atoms with E-state index in [0.717, 1.165) is 0 Å². The van der Waals surface area contributed by atoms with Gasteiger partial charge in [0.15, 0.2) is 0 Å². The first-order valence-corrected chi connectivity index (χ1v) is 6.21. The van der Waals surface area contributed by atoms with Crippen molar-refractivity contribution in [1.29, 1.82) is 0 Å². The van der Waals surface area contributed by atoms with Crippen molar-refractivity contribution >= 4 is 11.9 Å². The first-order chi connectivity index (χ1) is 9.03. The predicted molar refractivity (Wildman–Crippen MR) is 71.8 cm³/mol. The number of carbonyl (C=O) groups excluding carboxylic acids is 2. The molecule has 0 aromatic heterocycles. The van der Waals surface area contributed by atoms with Crippen molar-refractivity contribution in [2.45, 2.75) is 39.5 Å². The first kappa shape index (κ1) is 17.1. The molecule has 104 valence electrons. The van der Waals surface area contributed by atoms with Crippen LogP contribution in [0.1, 0.15) is 39.5 Å². The standard InChI is InChI=1S/C15H20O4/c1-5-9-15(10-6-2,11-18-13(16)7-3)12-19-14(17)8-4/h1-2H,7-12H2,3-4H3. The maximum absolute atomic E-state index is 11.2. The van der Waals surface area contributed by atoms with E-state index in [9.17, 15) is 9.59 Å². The lowest BCUT2D eigenvalue weighted by Crippen LogP contribution is -2.34. The Morgan fingerprint density at radius 2 is 1.32 bits per heavy atom. The number of esters is 2. The van der Waals surface area contributed by atoms with Crippen LogP contribution >= 0.6 is 0 Å². The van der Waals surface area contributed by atoms with Gasteiger partial charge in [0.25, 0.3) is 0 Å². The van der Waals surface area contributed by atoms with Crippen LogP contribution < -0.4 is 0 Å². The molecule has 0 saturated carbocycles. The Hall–Kier alpha value is -1.94. The minimum atomic E-state index is -0.695. The van der Waals surface area contributed by atoms with Crippen molar-refractivity contribution in [3.63, 3.8) is 0 Å². The molecule has 0 amide bonds. The van der Waals surface area contributed by atoms with Gasteiger partial charge < -0.3 is 9.47 Å². The van der Waals surface area contributed by atoms with E-state index in [2.05, 4.69) is 11.8 Å². The van der Waals surface area contributed by atoms with Gasteiger partial charge in [0.1, 0.15) is 13.2 Å². The van der Waals surface area contributed by atoms with Crippen LogP contribution in [0.15, 0.2) is 0 Å². The van der Waals surface area contributed by atoms with E-state index in [1.54, 1.807) is 13.8 Å². The highest BCUT2D eigenvalue weighted by molar-refractivity contribution is 5.69. The Bertz CT molecular complexity index is 346. The molecule has 0 aliphatic heterocycles. The Labute approximate surface area is 114 Å². The van der Waals surface area contributed by atoms with Crippen molar-refractivity contribution < 1.29 is 19.1 Å². The highest BCUT2D eigenvalue weighted by Crippen LogP contribution is 2.27. The molecule has 0 fully saturated rings. The topological polar surface area (TPSA) is 52.6 Å². The van der Waals surface area contributed by atoms with Gasteiger partial charge in [-0.2, -0.15) is 0 Å². The normalized spacial score (nSPS) is 10.1. The maximum Gasteiger partial charge on any atom is 0.305 e. The van der Waals surface area contributed by atoms with Crippen LogP contribution in [-0.2, 0) is 19.1 Å². The third-order valence-electron chi connectivity index (χ3n) is 2.61. The van der Waals surface area contributed by atoms with Crippen molar-refractivity contribution in [3.8, 4) is 24.7 Å². The van der Waals surface area contributed by atoms with Gasteiger partial charge in [-0.25, -0.2) is 0 Å². The van der Waals surface area contributed by atoms with E-state index in [4.69, 9.17) is 22.3 Å². The second-order valence-electron chi connectivity index (χ2n) is 4.29. The molecule has 0 atom stereocenters. The number of hydrogen-bond donors (Lipinski definition) is 0. The number of hydrogen-bond acceptors (Lipinski definition) is 4. The molecular formula is C15H20O4. The molecule has 0 N–H and O–H groups in total. The summed E-state index contributed by atoms with van der Waals surface area (Å²) in [5, 5.41) is 0. The fourth-order valence-electron chi connectivity index (χ4n) is 1.41. The lowest BCUT2D eigenvalue weighted by atomic mass is 9.83. The molecule has 0 aromatic carbocycles. The van der Waals surface area contributed by atoms with Gasteiger partial charge in [0, 0.05) is 25.7 Å². The fraction of sp³-hybridized carbons (Fsp3) is 0.600. The number of terminal acetylenes is 2. The summed E-state index contributed by atoms with van der Waals surface area (Å²) in [5.74, 6) is 4.33. The first-order valence-electron chi connectivity index (χ1n) is 6.21. The van der Waals surface area contributed by atoms with Gasteiger partial charge in [-0.05, 0) is 0 Å². The van der Waals surface area contributed by atoms with Gasteiger partial charge in [-0.1, -0.05) is 13.8 Å². The zero-order chi connectivity index (χ0) is 14.7. The molecule has 0 spiro atoms. The van der Waals surface area contributed by atoms with Crippen molar-refractivity contribution in [2.24, 2.45) is 5.41 Å². The van der Waals surface area contributed by atoms with E-state index in [-0.39, 0.29) is 50.8 Å². The molecule has 0 heterocycles. The minimum Gasteiger partial charge on any atom is -0.465 e. The van der Waals surface area contributed by atoms with Crippen molar-refractivity contribution in [2.75, 3.05) is 13.2 Å². The monoisotopic (exact) mass is 264 g/mol. The van der Waals surface area contributed by atoms with Crippen LogP contribution in [0.25, 0.3) is 0 Å². The van der Waals surface area contributed by atoms with Gasteiger partial charge >= 0.3 is 11.9 Å². The molecule has 0 aromatic rings. The Kier molecular flexibility index (Phi) is 8.13. The molecule has 0 aliphatic carbocycles. The van der Waals surface area contributed by atoms with E-state index in [1.165, 1.54) is 0 Å². The van der Waals surface area contributed by atoms with Gasteiger partial charge in [0.2, 0.25) is 0 Å². The highest BCUT2D eigenvalue weighted by atomic mass is 16.5. The molecule has 0 radical (unpaired) electrons. The summed E-state index contributed by atoms with van der Waals surface area (Å²) in [6, 6.07) is 0. The minimum absolute atomic E-state index is 0.0606. The molecule has 4 heteroatoms. The summed E-state index contributed by atoms with van der Waals surface area (Å²) >= 11 is 0. The van der Waals surface area contributed by atoms with Crippen molar-refractivity contribution in [3.05, 3.63) is 0 Å². The fourth-order valence-corrected chi connectivity index (χ4v) is 1.41. The van der Waals surface area contributed by atoms with Crippen LogP contribution in [0, 0.1) is 30.1 Å².